The average molecular weight is 257 g/mol. The summed E-state index contributed by atoms with van der Waals surface area (Å²) in [7, 11) is 1.75. The van der Waals surface area contributed by atoms with Gasteiger partial charge >= 0.3 is 0 Å². The minimum Gasteiger partial charge on any atom is -0.327 e. The number of nitrogens with two attached hydrogens (primary N) is 1. The predicted molar refractivity (Wildman–Crippen MR) is 74.5 cm³/mol. The van der Waals surface area contributed by atoms with E-state index in [1.54, 1.807) is 30.1 Å². The molecule has 1 aliphatic rings. The number of amides is 1. The van der Waals surface area contributed by atoms with Gasteiger partial charge in [0, 0.05) is 18.8 Å². The maximum atomic E-state index is 12.6. The SMILES string of the molecule is CN(C(=O)C1(C)CCCC1N)c1cccc(C#N)c1. The molecule has 1 aromatic rings. The van der Waals surface area contributed by atoms with Crippen LogP contribution < -0.4 is 10.6 Å². The van der Waals surface area contributed by atoms with Crippen molar-refractivity contribution in [1.82, 2.24) is 0 Å². The highest BCUT2D eigenvalue weighted by Gasteiger charge is 2.44. The largest absolute Gasteiger partial charge is 0.327 e. The fourth-order valence-electron chi connectivity index (χ4n) is 2.74. The third kappa shape index (κ3) is 2.34. The Bertz CT molecular complexity index is 534. The van der Waals surface area contributed by atoms with Crippen LogP contribution in [0, 0.1) is 16.7 Å². The van der Waals surface area contributed by atoms with Gasteiger partial charge < -0.3 is 10.6 Å². The molecular formula is C15H19N3O. The van der Waals surface area contributed by atoms with Gasteiger partial charge in [-0.15, -0.1) is 0 Å². The molecule has 1 saturated carbocycles. The number of hydrogen-bond donors (Lipinski definition) is 1. The van der Waals surface area contributed by atoms with E-state index in [4.69, 9.17) is 11.0 Å². The Labute approximate surface area is 113 Å². The van der Waals surface area contributed by atoms with Crippen LogP contribution in [0.4, 0.5) is 5.69 Å². The molecule has 0 heterocycles. The molecule has 100 valence electrons. The Hall–Kier alpha value is -1.86. The van der Waals surface area contributed by atoms with E-state index < -0.39 is 5.41 Å². The van der Waals surface area contributed by atoms with Gasteiger partial charge in [0.1, 0.15) is 0 Å². The summed E-state index contributed by atoms with van der Waals surface area (Å²) in [6, 6.07) is 9.08. The zero-order valence-electron chi connectivity index (χ0n) is 11.4. The summed E-state index contributed by atoms with van der Waals surface area (Å²) in [4.78, 5) is 14.3. The molecule has 0 saturated heterocycles. The predicted octanol–water partition coefficient (Wildman–Crippen LogP) is 2.04. The number of hydrogen-bond acceptors (Lipinski definition) is 3. The molecule has 0 bridgehead atoms. The summed E-state index contributed by atoms with van der Waals surface area (Å²) in [5.74, 6) is 0.0348. The van der Waals surface area contributed by atoms with Gasteiger partial charge in [0.2, 0.25) is 5.91 Å². The molecule has 4 nitrogen and oxygen atoms in total. The third-order valence-electron chi connectivity index (χ3n) is 4.19. The summed E-state index contributed by atoms with van der Waals surface area (Å²) in [6.07, 6.45) is 2.72. The summed E-state index contributed by atoms with van der Waals surface area (Å²) >= 11 is 0. The molecule has 4 heteroatoms. The van der Waals surface area contributed by atoms with E-state index in [-0.39, 0.29) is 11.9 Å². The second kappa shape index (κ2) is 5.02. The Balaban J connectivity index is 2.26. The van der Waals surface area contributed by atoms with E-state index in [1.165, 1.54) is 0 Å². The van der Waals surface area contributed by atoms with Crippen LogP contribution in [0.2, 0.25) is 0 Å². The van der Waals surface area contributed by atoms with Gasteiger partial charge in [-0.25, -0.2) is 0 Å². The second-order valence-electron chi connectivity index (χ2n) is 5.44. The molecule has 1 aliphatic carbocycles. The lowest BCUT2D eigenvalue weighted by Gasteiger charge is -2.32. The number of carbonyl (C=O) groups excluding carboxylic acids is 1. The molecule has 2 atom stereocenters. The van der Waals surface area contributed by atoms with Crippen molar-refractivity contribution in [2.75, 3.05) is 11.9 Å². The first-order valence-electron chi connectivity index (χ1n) is 6.53. The van der Waals surface area contributed by atoms with Crippen molar-refractivity contribution < 1.29 is 4.79 Å². The first-order valence-corrected chi connectivity index (χ1v) is 6.53. The van der Waals surface area contributed by atoms with Crippen molar-refractivity contribution in [3.05, 3.63) is 29.8 Å². The Morgan fingerprint density at radius 3 is 2.89 bits per heavy atom. The number of rotatable bonds is 2. The zero-order valence-corrected chi connectivity index (χ0v) is 11.4. The lowest BCUT2D eigenvalue weighted by molar-refractivity contribution is -0.127. The highest BCUT2D eigenvalue weighted by molar-refractivity contribution is 5.97. The average Bonchev–Trinajstić information content (AvgIpc) is 2.78. The molecule has 0 radical (unpaired) electrons. The summed E-state index contributed by atoms with van der Waals surface area (Å²) in [5, 5.41) is 8.91. The van der Waals surface area contributed by atoms with Crippen molar-refractivity contribution in [2.45, 2.75) is 32.2 Å². The molecule has 1 aromatic carbocycles. The molecule has 1 amide bonds. The van der Waals surface area contributed by atoms with E-state index in [0.29, 0.717) is 5.56 Å². The first kappa shape index (κ1) is 13.6. The number of carbonyl (C=O) groups is 1. The van der Waals surface area contributed by atoms with Crippen molar-refractivity contribution in [1.29, 1.82) is 5.26 Å². The normalized spacial score (nSPS) is 25.9. The van der Waals surface area contributed by atoms with E-state index in [0.717, 1.165) is 24.9 Å². The van der Waals surface area contributed by atoms with Crippen molar-refractivity contribution in [3.63, 3.8) is 0 Å². The van der Waals surface area contributed by atoms with Crippen LogP contribution in [0.5, 0.6) is 0 Å². The maximum absolute atomic E-state index is 12.6. The van der Waals surface area contributed by atoms with Crippen LogP contribution in [-0.4, -0.2) is 19.0 Å². The molecule has 19 heavy (non-hydrogen) atoms. The molecule has 0 aliphatic heterocycles. The first-order chi connectivity index (χ1) is 8.99. The Kier molecular flexibility index (Phi) is 3.59. The highest BCUT2D eigenvalue weighted by atomic mass is 16.2. The Morgan fingerprint density at radius 1 is 1.58 bits per heavy atom. The van der Waals surface area contributed by atoms with Crippen LogP contribution in [0.25, 0.3) is 0 Å². The summed E-state index contributed by atoms with van der Waals surface area (Å²) in [6.45, 7) is 1.94. The third-order valence-corrected chi connectivity index (χ3v) is 4.19. The molecule has 2 unspecified atom stereocenters. The molecule has 1 fully saturated rings. The van der Waals surface area contributed by atoms with Crippen molar-refractivity contribution in [3.8, 4) is 6.07 Å². The minimum atomic E-state index is -0.489. The summed E-state index contributed by atoms with van der Waals surface area (Å²) < 4.78 is 0. The van der Waals surface area contributed by atoms with Gasteiger partial charge in [0.15, 0.2) is 0 Å². The lowest BCUT2D eigenvalue weighted by Crippen LogP contribution is -2.48. The standard InChI is InChI=1S/C15H19N3O/c1-15(8-4-7-13(15)17)14(19)18(2)12-6-3-5-11(9-12)10-16/h3,5-6,9,13H,4,7-8,17H2,1-2H3. The molecular weight excluding hydrogens is 238 g/mol. The quantitative estimate of drug-likeness (QED) is 0.881. The van der Waals surface area contributed by atoms with E-state index in [1.807, 2.05) is 13.0 Å². The molecule has 0 spiro atoms. The lowest BCUT2D eigenvalue weighted by atomic mass is 9.83. The number of nitrogens with zero attached hydrogens (tertiary/aromatic N) is 2. The van der Waals surface area contributed by atoms with Crippen LogP contribution in [-0.2, 0) is 4.79 Å². The van der Waals surface area contributed by atoms with Crippen molar-refractivity contribution >= 4 is 11.6 Å². The molecule has 0 aromatic heterocycles. The van der Waals surface area contributed by atoms with Gasteiger partial charge in [0.05, 0.1) is 17.0 Å². The van der Waals surface area contributed by atoms with Crippen LogP contribution >= 0.6 is 0 Å². The number of benzene rings is 1. The van der Waals surface area contributed by atoms with Gasteiger partial charge in [-0.1, -0.05) is 12.5 Å². The smallest absolute Gasteiger partial charge is 0.234 e. The van der Waals surface area contributed by atoms with Crippen molar-refractivity contribution in [2.24, 2.45) is 11.1 Å². The van der Waals surface area contributed by atoms with Gasteiger partial charge in [-0.2, -0.15) is 5.26 Å². The fourth-order valence-corrected chi connectivity index (χ4v) is 2.74. The Morgan fingerprint density at radius 2 is 2.32 bits per heavy atom. The maximum Gasteiger partial charge on any atom is 0.234 e. The minimum absolute atomic E-state index is 0.0348. The van der Waals surface area contributed by atoms with Crippen LogP contribution in [0.3, 0.4) is 0 Å². The highest BCUT2D eigenvalue weighted by Crippen LogP contribution is 2.39. The fraction of sp³-hybridized carbons (Fsp3) is 0.467. The second-order valence-corrected chi connectivity index (χ2v) is 5.44. The monoisotopic (exact) mass is 257 g/mol. The van der Waals surface area contributed by atoms with E-state index >= 15 is 0 Å². The summed E-state index contributed by atoms with van der Waals surface area (Å²) in [5.41, 5.74) is 6.89. The molecule has 2 N–H and O–H groups in total. The molecule has 2 rings (SSSR count). The van der Waals surface area contributed by atoms with Gasteiger partial charge in [-0.05, 0) is 38.0 Å². The zero-order chi connectivity index (χ0) is 14.0. The van der Waals surface area contributed by atoms with Gasteiger partial charge in [-0.3, -0.25) is 4.79 Å². The van der Waals surface area contributed by atoms with Crippen LogP contribution in [0.1, 0.15) is 31.7 Å². The van der Waals surface area contributed by atoms with Crippen LogP contribution in [0.15, 0.2) is 24.3 Å². The van der Waals surface area contributed by atoms with E-state index in [2.05, 4.69) is 6.07 Å². The van der Waals surface area contributed by atoms with Gasteiger partial charge in [0.25, 0.3) is 0 Å². The van der Waals surface area contributed by atoms with E-state index in [9.17, 15) is 4.79 Å². The number of anilines is 1. The number of nitriles is 1. The topological polar surface area (TPSA) is 70.1 Å².